The van der Waals surface area contributed by atoms with E-state index in [0.717, 1.165) is 45.9 Å². The van der Waals surface area contributed by atoms with E-state index in [-0.39, 0.29) is 30.7 Å². The summed E-state index contributed by atoms with van der Waals surface area (Å²) in [4.78, 5) is 23.3. The van der Waals surface area contributed by atoms with Gasteiger partial charge in [-0.3, -0.25) is 9.59 Å². The summed E-state index contributed by atoms with van der Waals surface area (Å²) in [7, 11) is 0. The topological polar surface area (TPSA) is 90.2 Å². The van der Waals surface area contributed by atoms with Crippen molar-refractivity contribution in [1.82, 2.24) is 5.32 Å². The molecule has 0 heterocycles. The molecule has 0 saturated heterocycles. The molecule has 39 heavy (non-hydrogen) atoms. The van der Waals surface area contributed by atoms with Crippen molar-refractivity contribution < 1.29 is 14.7 Å². The number of aryl methyl sites for hydroxylation is 1. The fourth-order valence-corrected chi connectivity index (χ4v) is 5.37. The van der Waals surface area contributed by atoms with Crippen LogP contribution in [-0.4, -0.2) is 23.5 Å². The lowest BCUT2D eigenvalue weighted by atomic mass is 9.74. The predicted octanol–water partition coefficient (Wildman–Crippen LogP) is 7.59. The maximum atomic E-state index is 12.5. The van der Waals surface area contributed by atoms with Crippen LogP contribution < -0.4 is 5.32 Å². The molecule has 2 atom stereocenters. The van der Waals surface area contributed by atoms with Gasteiger partial charge in [0.1, 0.15) is 0 Å². The van der Waals surface area contributed by atoms with E-state index in [0.29, 0.717) is 16.1 Å². The Kier molecular flexibility index (Phi) is 9.01. The number of carboxylic acids is 1. The number of benzene rings is 4. The minimum atomic E-state index is -0.952. The van der Waals surface area contributed by atoms with Gasteiger partial charge in [0.15, 0.2) is 0 Å². The van der Waals surface area contributed by atoms with E-state index in [1.807, 2.05) is 37.3 Å². The normalized spacial score (nSPS) is 12.5. The van der Waals surface area contributed by atoms with Gasteiger partial charge in [-0.15, -0.1) is 0 Å². The van der Waals surface area contributed by atoms with E-state index in [2.05, 4.69) is 54.7 Å². The van der Waals surface area contributed by atoms with Gasteiger partial charge in [-0.1, -0.05) is 67.4 Å². The molecule has 4 rings (SSSR count). The van der Waals surface area contributed by atoms with E-state index < -0.39 is 5.97 Å². The number of carbonyl (C=O) groups is 2. The van der Waals surface area contributed by atoms with Gasteiger partial charge in [-0.25, -0.2) is 0 Å². The molecular weight excluding hydrogens is 508 g/mol. The Bertz CT molecular complexity index is 1520. The number of halogens is 1. The molecule has 6 heteroatoms. The first kappa shape index (κ1) is 27.9. The fraction of sp³-hybridized carbons (Fsp3) is 0.242. The lowest BCUT2D eigenvalue weighted by Crippen LogP contribution is -2.26. The summed E-state index contributed by atoms with van der Waals surface area (Å²) in [6, 6.07) is 28.3. The van der Waals surface area contributed by atoms with Crippen molar-refractivity contribution in [1.29, 1.82) is 5.26 Å². The van der Waals surface area contributed by atoms with Crippen molar-refractivity contribution in [3.63, 3.8) is 0 Å². The average molecular weight is 539 g/mol. The van der Waals surface area contributed by atoms with Gasteiger partial charge in [0, 0.05) is 23.0 Å². The minimum Gasteiger partial charge on any atom is -0.481 e. The summed E-state index contributed by atoms with van der Waals surface area (Å²) >= 11 is 6.25. The average Bonchev–Trinajstić information content (AvgIpc) is 2.93. The van der Waals surface area contributed by atoms with Crippen LogP contribution in [0, 0.1) is 18.3 Å². The number of amides is 1. The second kappa shape index (κ2) is 12.6. The van der Waals surface area contributed by atoms with Crippen molar-refractivity contribution in [3.05, 3.63) is 117 Å². The number of nitriles is 1. The zero-order chi connectivity index (χ0) is 27.9. The summed E-state index contributed by atoms with van der Waals surface area (Å²) < 4.78 is 0. The van der Waals surface area contributed by atoms with Gasteiger partial charge in [0.05, 0.1) is 18.1 Å². The van der Waals surface area contributed by atoms with Crippen LogP contribution in [0.3, 0.4) is 0 Å². The van der Waals surface area contributed by atoms with E-state index in [4.69, 9.17) is 16.7 Å². The molecule has 0 saturated carbocycles. The zero-order valence-electron chi connectivity index (χ0n) is 22.1. The van der Waals surface area contributed by atoms with Crippen LogP contribution in [0.15, 0.2) is 78.9 Å². The first-order valence-corrected chi connectivity index (χ1v) is 13.5. The second-order valence-electron chi connectivity index (χ2n) is 9.85. The molecule has 0 aliphatic rings. The van der Waals surface area contributed by atoms with Crippen molar-refractivity contribution in [2.45, 2.75) is 44.9 Å². The van der Waals surface area contributed by atoms with Gasteiger partial charge in [0.2, 0.25) is 0 Å². The van der Waals surface area contributed by atoms with Gasteiger partial charge in [-0.05, 0) is 88.7 Å². The first-order valence-electron chi connectivity index (χ1n) is 13.1. The number of fused-ring (bicyclic) bond motifs is 1. The lowest BCUT2D eigenvalue weighted by molar-refractivity contribution is -0.136. The molecule has 0 fully saturated rings. The van der Waals surface area contributed by atoms with Crippen LogP contribution in [-0.2, 0) is 4.79 Å². The number of hydrogen-bond donors (Lipinski definition) is 2. The van der Waals surface area contributed by atoms with Crippen molar-refractivity contribution in [2.24, 2.45) is 0 Å². The molecule has 2 N–H and O–H groups in total. The van der Waals surface area contributed by atoms with Gasteiger partial charge in [0.25, 0.3) is 5.91 Å². The molecular formula is C33H31ClN2O3. The Balaban J connectivity index is 1.77. The van der Waals surface area contributed by atoms with Crippen LogP contribution in [0.1, 0.15) is 76.2 Å². The Morgan fingerprint density at radius 3 is 2.26 bits per heavy atom. The lowest BCUT2D eigenvalue weighted by Gasteiger charge is -2.29. The van der Waals surface area contributed by atoms with E-state index in [1.54, 1.807) is 12.1 Å². The van der Waals surface area contributed by atoms with E-state index in [9.17, 15) is 14.9 Å². The number of rotatable bonds is 10. The highest BCUT2D eigenvalue weighted by Crippen LogP contribution is 2.42. The van der Waals surface area contributed by atoms with Gasteiger partial charge in [-0.2, -0.15) is 5.26 Å². The summed E-state index contributed by atoms with van der Waals surface area (Å²) in [5.41, 5.74) is 5.53. The number of nitrogens with zero attached hydrogens (tertiary/aromatic N) is 1. The largest absolute Gasteiger partial charge is 0.481 e. The predicted molar refractivity (Wildman–Crippen MR) is 155 cm³/mol. The monoisotopic (exact) mass is 538 g/mol. The van der Waals surface area contributed by atoms with Crippen LogP contribution in [0.25, 0.3) is 10.8 Å². The van der Waals surface area contributed by atoms with Gasteiger partial charge < -0.3 is 10.4 Å². The Morgan fingerprint density at radius 2 is 1.62 bits per heavy atom. The summed E-state index contributed by atoms with van der Waals surface area (Å²) in [5.74, 6) is -1.15. The van der Waals surface area contributed by atoms with E-state index in [1.165, 1.54) is 0 Å². The molecule has 2 unspecified atom stereocenters. The molecule has 5 nitrogen and oxygen atoms in total. The highest BCUT2D eigenvalue weighted by atomic mass is 35.5. The fourth-order valence-electron chi connectivity index (χ4n) is 5.24. The Hall–Kier alpha value is -4.14. The minimum absolute atomic E-state index is 0.00490. The molecule has 0 aromatic heterocycles. The number of nitrogens with one attached hydrogen (secondary N) is 1. The smallest absolute Gasteiger partial charge is 0.305 e. The van der Waals surface area contributed by atoms with Crippen LogP contribution in [0.2, 0.25) is 5.02 Å². The molecule has 0 aliphatic heterocycles. The number of aliphatic carboxylic acids is 1. The molecule has 4 aromatic rings. The molecule has 0 aliphatic carbocycles. The Morgan fingerprint density at radius 1 is 0.949 bits per heavy atom. The van der Waals surface area contributed by atoms with Gasteiger partial charge >= 0.3 is 5.97 Å². The highest BCUT2D eigenvalue weighted by Gasteiger charge is 2.27. The van der Waals surface area contributed by atoms with E-state index >= 15 is 0 Å². The third-order valence-corrected chi connectivity index (χ3v) is 7.31. The summed E-state index contributed by atoms with van der Waals surface area (Å²) in [6.45, 7) is 4.24. The third-order valence-electron chi connectivity index (χ3n) is 7.06. The van der Waals surface area contributed by atoms with Crippen LogP contribution in [0.5, 0.6) is 0 Å². The molecule has 4 aromatic carbocycles. The summed E-state index contributed by atoms with van der Waals surface area (Å²) in [5, 5.41) is 24.0. The Labute approximate surface area is 234 Å². The van der Waals surface area contributed by atoms with Crippen LogP contribution >= 0.6 is 11.6 Å². The first-order chi connectivity index (χ1) is 18.8. The van der Waals surface area contributed by atoms with Crippen molar-refractivity contribution in [3.8, 4) is 6.07 Å². The second-order valence-corrected chi connectivity index (χ2v) is 10.3. The molecule has 0 radical (unpaired) electrons. The number of carboxylic acid groups (broad SMARTS) is 1. The maximum Gasteiger partial charge on any atom is 0.305 e. The van der Waals surface area contributed by atoms with Crippen LogP contribution in [0.4, 0.5) is 0 Å². The molecule has 0 spiro atoms. The summed E-state index contributed by atoms with van der Waals surface area (Å²) in [6.07, 6.45) is 1.75. The SMILES string of the molecule is CCCC(c1ccc(C(=O)NCCC(=O)O)cc1)C(c1ccc(Cl)cc1)c1ccc2cc(C)cc(C#N)c2c1. The quantitative estimate of drug-likeness (QED) is 0.217. The highest BCUT2D eigenvalue weighted by molar-refractivity contribution is 6.30. The molecule has 1 amide bonds. The van der Waals surface area contributed by atoms with Crippen molar-refractivity contribution >= 4 is 34.2 Å². The number of hydrogen-bond acceptors (Lipinski definition) is 3. The van der Waals surface area contributed by atoms with Crippen molar-refractivity contribution in [2.75, 3.05) is 6.54 Å². The maximum absolute atomic E-state index is 12.5. The zero-order valence-corrected chi connectivity index (χ0v) is 22.8. The third kappa shape index (κ3) is 6.66. The number of carbonyl (C=O) groups excluding carboxylic acids is 1. The standard InChI is InChI=1S/C33H31ClN2O3/c1-3-4-29(22-5-7-24(8-6-22)33(39)36-16-15-31(37)38)32(23-11-13-28(34)14-12-23)26-10-9-25-17-21(2)18-27(20-35)30(25)19-26/h5-14,17-19,29,32H,3-4,15-16H2,1-2H3,(H,36,39)(H,37,38). The molecule has 0 bridgehead atoms. The molecule has 198 valence electrons.